The van der Waals surface area contributed by atoms with Crippen LogP contribution in [0.2, 0.25) is 5.15 Å². The number of methoxy groups -OCH3 is 1. The van der Waals surface area contributed by atoms with E-state index >= 15 is 0 Å². The summed E-state index contributed by atoms with van der Waals surface area (Å²) in [7, 11) is 1.63. The Kier molecular flexibility index (Phi) is 5.52. The lowest BCUT2D eigenvalue weighted by Gasteiger charge is -2.25. The Hall–Kier alpha value is -1.18. The number of hydrogen-bond acceptors (Lipinski definition) is 7. The van der Waals surface area contributed by atoms with Crippen LogP contribution in [0.5, 0.6) is 0 Å². The Balaban J connectivity index is 2.50. The van der Waals surface area contributed by atoms with Crippen molar-refractivity contribution in [3.05, 3.63) is 5.15 Å². The lowest BCUT2D eigenvalue weighted by molar-refractivity contribution is 0.0538. The highest BCUT2D eigenvalue weighted by Crippen LogP contribution is 2.15. The summed E-state index contributed by atoms with van der Waals surface area (Å²) >= 11 is 5.64. The highest BCUT2D eigenvalue weighted by atomic mass is 35.5. The molecule has 0 aliphatic heterocycles. The van der Waals surface area contributed by atoms with Crippen LogP contribution >= 0.6 is 11.6 Å². The van der Waals surface area contributed by atoms with Crippen LogP contribution < -0.4 is 11.1 Å². The molecule has 0 saturated carbocycles. The van der Waals surface area contributed by atoms with Crippen molar-refractivity contribution < 1.29 is 9.47 Å². The van der Waals surface area contributed by atoms with Crippen LogP contribution in [-0.2, 0) is 9.47 Å². The number of anilines is 2. The second-order valence-electron chi connectivity index (χ2n) is 4.37. The Labute approximate surface area is 111 Å². The standard InChI is InChI=1S/C10H18ClN5O2/c1-10(2,6-18-5-4-17-3)14-9-13-8(12)7(11)15-16-9/h4-6H2,1-3H3,(H3,12,13,14,16). The molecule has 1 aromatic rings. The first kappa shape index (κ1) is 14.9. The number of ether oxygens (including phenoxy) is 2. The molecule has 0 fully saturated rings. The summed E-state index contributed by atoms with van der Waals surface area (Å²) in [5.41, 5.74) is 5.19. The molecule has 1 rings (SSSR count). The van der Waals surface area contributed by atoms with Crippen LogP contribution in [0.15, 0.2) is 0 Å². The molecule has 0 aliphatic carbocycles. The van der Waals surface area contributed by atoms with Gasteiger partial charge in [0.2, 0.25) is 5.95 Å². The van der Waals surface area contributed by atoms with Gasteiger partial charge in [-0.2, -0.15) is 4.98 Å². The Morgan fingerprint density at radius 1 is 1.33 bits per heavy atom. The van der Waals surface area contributed by atoms with Crippen LogP contribution in [0.25, 0.3) is 0 Å². The number of hydrogen-bond donors (Lipinski definition) is 2. The van der Waals surface area contributed by atoms with Gasteiger partial charge in [0, 0.05) is 7.11 Å². The summed E-state index contributed by atoms with van der Waals surface area (Å²) in [4.78, 5) is 3.98. The lowest BCUT2D eigenvalue weighted by Crippen LogP contribution is -2.37. The number of nitrogens with one attached hydrogen (secondary N) is 1. The van der Waals surface area contributed by atoms with E-state index in [1.165, 1.54) is 0 Å². The minimum Gasteiger partial charge on any atom is -0.382 e. The molecule has 1 heterocycles. The van der Waals surface area contributed by atoms with Gasteiger partial charge in [0.15, 0.2) is 11.0 Å². The first-order chi connectivity index (χ1) is 8.44. The molecule has 0 aromatic carbocycles. The molecule has 0 spiro atoms. The zero-order chi connectivity index (χ0) is 13.6. The van der Waals surface area contributed by atoms with Crippen molar-refractivity contribution in [3.63, 3.8) is 0 Å². The van der Waals surface area contributed by atoms with E-state index in [0.29, 0.717) is 25.8 Å². The third-order valence-corrected chi connectivity index (χ3v) is 2.28. The van der Waals surface area contributed by atoms with E-state index in [4.69, 9.17) is 26.8 Å². The summed E-state index contributed by atoms with van der Waals surface area (Å²) in [6, 6.07) is 0. The molecule has 3 N–H and O–H groups in total. The quantitative estimate of drug-likeness (QED) is 0.716. The molecule has 0 saturated heterocycles. The summed E-state index contributed by atoms with van der Waals surface area (Å²) in [6.45, 7) is 5.47. The Morgan fingerprint density at radius 3 is 2.67 bits per heavy atom. The molecule has 102 valence electrons. The van der Waals surface area contributed by atoms with Crippen LogP contribution in [-0.4, -0.2) is 47.7 Å². The van der Waals surface area contributed by atoms with E-state index in [2.05, 4.69) is 20.5 Å². The van der Waals surface area contributed by atoms with E-state index in [0.717, 1.165) is 0 Å². The highest BCUT2D eigenvalue weighted by molar-refractivity contribution is 6.31. The number of nitrogens with two attached hydrogens (primary N) is 1. The summed E-state index contributed by atoms with van der Waals surface area (Å²) < 4.78 is 10.3. The van der Waals surface area contributed by atoms with Crippen LogP contribution in [0.4, 0.5) is 11.8 Å². The Morgan fingerprint density at radius 2 is 2.06 bits per heavy atom. The van der Waals surface area contributed by atoms with Crippen molar-refractivity contribution in [2.75, 3.05) is 38.0 Å². The monoisotopic (exact) mass is 275 g/mol. The van der Waals surface area contributed by atoms with Crippen molar-refractivity contribution in [2.45, 2.75) is 19.4 Å². The second kappa shape index (κ2) is 6.67. The fraction of sp³-hybridized carbons (Fsp3) is 0.700. The summed E-state index contributed by atoms with van der Waals surface area (Å²) in [5, 5.41) is 10.6. The van der Waals surface area contributed by atoms with Gasteiger partial charge in [-0.15, -0.1) is 10.2 Å². The average Bonchev–Trinajstić information content (AvgIpc) is 2.29. The normalized spacial score (nSPS) is 11.6. The van der Waals surface area contributed by atoms with E-state index in [-0.39, 0.29) is 16.5 Å². The van der Waals surface area contributed by atoms with Gasteiger partial charge >= 0.3 is 0 Å². The van der Waals surface area contributed by atoms with Gasteiger partial charge in [-0.25, -0.2) is 0 Å². The van der Waals surface area contributed by atoms with Crippen LogP contribution in [0, 0.1) is 0 Å². The van der Waals surface area contributed by atoms with Gasteiger partial charge in [0.05, 0.1) is 25.4 Å². The molecule has 7 nitrogen and oxygen atoms in total. The third kappa shape index (κ3) is 4.99. The van der Waals surface area contributed by atoms with Crippen LogP contribution in [0.1, 0.15) is 13.8 Å². The molecule has 0 unspecified atom stereocenters. The number of rotatable bonds is 7. The largest absolute Gasteiger partial charge is 0.382 e. The first-order valence-corrected chi connectivity index (χ1v) is 5.83. The Bertz CT molecular complexity index is 389. The first-order valence-electron chi connectivity index (χ1n) is 5.45. The molecule has 0 atom stereocenters. The minimum absolute atomic E-state index is 0.0923. The minimum atomic E-state index is -0.351. The highest BCUT2D eigenvalue weighted by Gasteiger charge is 2.19. The van der Waals surface area contributed by atoms with Crippen molar-refractivity contribution in [1.82, 2.24) is 15.2 Å². The van der Waals surface area contributed by atoms with Crippen molar-refractivity contribution in [2.24, 2.45) is 0 Å². The molecule has 18 heavy (non-hydrogen) atoms. The molecule has 8 heteroatoms. The third-order valence-electron chi connectivity index (χ3n) is 2.02. The lowest BCUT2D eigenvalue weighted by atomic mass is 10.1. The molecule has 1 aromatic heterocycles. The van der Waals surface area contributed by atoms with E-state index < -0.39 is 0 Å². The predicted molar refractivity (Wildman–Crippen MR) is 69.6 cm³/mol. The second-order valence-corrected chi connectivity index (χ2v) is 4.72. The van der Waals surface area contributed by atoms with Gasteiger partial charge in [-0.05, 0) is 13.8 Å². The van der Waals surface area contributed by atoms with Crippen LogP contribution in [0.3, 0.4) is 0 Å². The van der Waals surface area contributed by atoms with E-state index in [9.17, 15) is 0 Å². The fourth-order valence-corrected chi connectivity index (χ4v) is 1.27. The zero-order valence-corrected chi connectivity index (χ0v) is 11.5. The molecule has 0 amide bonds. The van der Waals surface area contributed by atoms with Crippen molar-refractivity contribution in [1.29, 1.82) is 0 Å². The number of aromatic nitrogens is 3. The van der Waals surface area contributed by atoms with Gasteiger partial charge in [-0.3, -0.25) is 0 Å². The fourth-order valence-electron chi connectivity index (χ4n) is 1.19. The van der Waals surface area contributed by atoms with Gasteiger partial charge < -0.3 is 20.5 Å². The molecule has 0 radical (unpaired) electrons. The smallest absolute Gasteiger partial charge is 0.245 e. The maximum Gasteiger partial charge on any atom is 0.245 e. The van der Waals surface area contributed by atoms with E-state index in [1.54, 1.807) is 7.11 Å². The van der Waals surface area contributed by atoms with Crippen molar-refractivity contribution >= 4 is 23.4 Å². The molecular formula is C10H18ClN5O2. The van der Waals surface area contributed by atoms with Gasteiger partial charge in [-0.1, -0.05) is 11.6 Å². The summed E-state index contributed by atoms with van der Waals surface area (Å²) in [6.07, 6.45) is 0. The zero-order valence-electron chi connectivity index (χ0n) is 10.7. The predicted octanol–water partition coefficient (Wildman–Crippen LogP) is 0.961. The molecule has 0 aliphatic rings. The molecule has 0 bridgehead atoms. The maximum atomic E-state index is 5.64. The van der Waals surface area contributed by atoms with E-state index in [1.807, 2.05) is 13.8 Å². The SMILES string of the molecule is COCCOCC(C)(C)Nc1nnc(Cl)c(N)n1. The number of nitrogens with zero attached hydrogens (tertiary/aromatic N) is 3. The van der Waals surface area contributed by atoms with Crippen molar-refractivity contribution in [3.8, 4) is 0 Å². The number of nitrogen functional groups attached to an aromatic ring is 1. The topological polar surface area (TPSA) is 95.2 Å². The average molecular weight is 276 g/mol. The number of halogens is 1. The molecular weight excluding hydrogens is 258 g/mol. The summed E-state index contributed by atoms with van der Waals surface area (Å²) in [5.74, 6) is 0.461. The van der Waals surface area contributed by atoms with Gasteiger partial charge in [0.25, 0.3) is 0 Å². The maximum absolute atomic E-state index is 5.64. The van der Waals surface area contributed by atoms with Gasteiger partial charge in [0.1, 0.15) is 0 Å².